The number of benzene rings is 2. The second-order valence-electron chi connectivity index (χ2n) is 7.33. The number of nitrogens with zero attached hydrogens (tertiary/aromatic N) is 1. The molecule has 2 unspecified atom stereocenters. The van der Waals surface area contributed by atoms with Gasteiger partial charge >= 0.3 is 5.97 Å². The number of piperidine rings is 1. The molecule has 0 radical (unpaired) electrons. The number of rotatable bonds is 9. The fourth-order valence-corrected chi connectivity index (χ4v) is 4.15. The summed E-state index contributed by atoms with van der Waals surface area (Å²) in [4.78, 5) is 13.4. The lowest BCUT2D eigenvalue weighted by molar-refractivity contribution is -0.137. The van der Waals surface area contributed by atoms with Crippen molar-refractivity contribution in [3.05, 3.63) is 65.7 Å². The van der Waals surface area contributed by atoms with E-state index >= 15 is 0 Å². The normalized spacial score (nSPS) is 20.0. The molecule has 1 saturated heterocycles. The highest BCUT2D eigenvalue weighted by Gasteiger charge is 2.32. The summed E-state index contributed by atoms with van der Waals surface area (Å²) >= 11 is 0. The second-order valence-corrected chi connectivity index (χ2v) is 7.33. The molecule has 1 fully saturated rings. The zero-order chi connectivity index (χ0) is 19.8. The quantitative estimate of drug-likeness (QED) is 0.690. The smallest absolute Gasteiger partial charge is 0.303 e. The summed E-state index contributed by atoms with van der Waals surface area (Å²) in [5.41, 5.74) is 2.44. The molecular weight excluding hydrogens is 352 g/mol. The van der Waals surface area contributed by atoms with E-state index in [2.05, 4.69) is 40.5 Å². The van der Waals surface area contributed by atoms with E-state index in [-0.39, 0.29) is 12.5 Å². The van der Waals surface area contributed by atoms with Gasteiger partial charge in [-0.25, -0.2) is 0 Å². The standard InChI is InChI=1S/C23H30N2O3/c1-28-21-13-6-5-11-19(21)17-24-20-12-7-15-25(16-8-14-22(26)27)23(20)18-9-3-2-4-10-18/h2-6,9-11,13,20,23-24H,7-8,12,14-17H2,1H3,(H,26,27). The largest absolute Gasteiger partial charge is 0.496 e. The Morgan fingerprint density at radius 1 is 1.18 bits per heavy atom. The summed E-state index contributed by atoms with van der Waals surface area (Å²) in [7, 11) is 1.70. The fraction of sp³-hybridized carbons (Fsp3) is 0.435. The number of aliphatic carboxylic acids is 1. The molecule has 0 amide bonds. The summed E-state index contributed by atoms with van der Waals surface area (Å²) in [6, 6.07) is 19.2. The topological polar surface area (TPSA) is 61.8 Å². The molecule has 2 N–H and O–H groups in total. The van der Waals surface area contributed by atoms with Crippen molar-refractivity contribution in [2.45, 2.75) is 44.3 Å². The lowest BCUT2D eigenvalue weighted by atomic mass is 9.89. The van der Waals surface area contributed by atoms with E-state index in [1.165, 1.54) is 5.56 Å². The minimum atomic E-state index is -0.723. The van der Waals surface area contributed by atoms with E-state index in [1.54, 1.807) is 7.11 Å². The van der Waals surface area contributed by atoms with Crippen LogP contribution < -0.4 is 10.1 Å². The first-order chi connectivity index (χ1) is 13.7. The monoisotopic (exact) mass is 382 g/mol. The van der Waals surface area contributed by atoms with Gasteiger partial charge in [-0.2, -0.15) is 0 Å². The second kappa shape index (κ2) is 10.2. The zero-order valence-electron chi connectivity index (χ0n) is 16.5. The summed E-state index contributed by atoms with van der Waals surface area (Å²) in [6.45, 7) is 2.56. The van der Waals surface area contributed by atoms with Crippen molar-refractivity contribution in [3.8, 4) is 5.75 Å². The number of ether oxygens (including phenoxy) is 1. The predicted molar refractivity (Wildman–Crippen MR) is 110 cm³/mol. The van der Waals surface area contributed by atoms with Crippen molar-refractivity contribution in [2.75, 3.05) is 20.2 Å². The van der Waals surface area contributed by atoms with Crippen molar-refractivity contribution in [3.63, 3.8) is 0 Å². The Hall–Kier alpha value is -2.37. The number of carboxylic acids is 1. The first kappa shape index (κ1) is 20.4. The maximum atomic E-state index is 10.9. The van der Waals surface area contributed by atoms with Gasteiger partial charge in [-0.3, -0.25) is 9.69 Å². The molecule has 1 aliphatic heterocycles. The van der Waals surface area contributed by atoms with Crippen LogP contribution in [-0.4, -0.2) is 42.2 Å². The molecule has 0 saturated carbocycles. The van der Waals surface area contributed by atoms with Crippen LogP contribution in [0.3, 0.4) is 0 Å². The van der Waals surface area contributed by atoms with Gasteiger partial charge < -0.3 is 15.2 Å². The van der Waals surface area contributed by atoms with Crippen molar-refractivity contribution in [1.82, 2.24) is 10.2 Å². The van der Waals surface area contributed by atoms with Crippen LogP contribution in [0.5, 0.6) is 5.75 Å². The highest BCUT2D eigenvalue weighted by Crippen LogP contribution is 2.32. The number of likely N-dealkylation sites (tertiary alicyclic amines) is 1. The number of nitrogens with one attached hydrogen (secondary N) is 1. The Bertz CT molecular complexity index is 751. The van der Waals surface area contributed by atoms with Gasteiger partial charge in [0.1, 0.15) is 5.75 Å². The molecule has 0 aliphatic carbocycles. The summed E-state index contributed by atoms with van der Waals surface area (Å²) < 4.78 is 5.49. The molecule has 3 rings (SSSR count). The third-order valence-corrected chi connectivity index (χ3v) is 5.46. The number of methoxy groups -OCH3 is 1. The summed E-state index contributed by atoms with van der Waals surface area (Å²) in [5, 5.41) is 12.7. The Labute approximate surface area is 167 Å². The van der Waals surface area contributed by atoms with E-state index in [4.69, 9.17) is 9.84 Å². The molecule has 1 aliphatic rings. The molecular formula is C23H30N2O3. The first-order valence-electron chi connectivity index (χ1n) is 10.0. The van der Waals surface area contributed by atoms with Crippen LogP contribution in [0.2, 0.25) is 0 Å². The van der Waals surface area contributed by atoms with E-state index < -0.39 is 5.97 Å². The van der Waals surface area contributed by atoms with E-state index in [0.29, 0.717) is 12.5 Å². The van der Waals surface area contributed by atoms with Crippen molar-refractivity contribution in [1.29, 1.82) is 0 Å². The average Bonchev–Trinajstić information content (AvgIpc) is 2.73. The number of carbonyl (C=O) groups is 1. The number of hydrogen-bond acceptors (Lipinski definition) is 4. The van der Waals surface area contributed by atoms with Gasteiger partial charge in [-0.1, -0.05) is 48.5 Å². The van der Waals surface area contributed by atoms with Gasteiger partial charge in [0, 0.05) is 24.6 Å². The molecule has 2 atom stereocenters. The van der Waals surface area contributed by atoms with Crippen molar-refractivity contribution in [2.24, 2.45) is 0 Å². The van der Waals surface area contributed by atoms with Gasteiger partial charge in [0.15, 0.2) is 0 Å². The van der Waals surface area contributed by atoms with Crippen molar-refractivity contribution < 1.29 is 14.6 Å². The molecule has 150 valence electrons. The lowest BCUT2D eigenvalue weighted by Crippen LogP contribution is -2.48. The van der Waals surface area contributed by atoms with E-state index in [1.807, 2.05) is 24.3 Å². The highest BCUT2D eigenvalue weighted by atomic mass is 16.5. The molecule has 5 heteroatoms. The van der Waals surface area contributed by atoms with Crippen molar-refractivity contribution >= 4 is 5.97 Å². The van der Waals surface area contributed by atoms with E-state index in [9.17, 15) is 4.79 Å². The number of carboxylic acid groups (broad SMARTS) is 1. The van der Waals surface area contributed by atoms with Gasteiger partial charge in [0.05, 0.1) is 13.2 Å². The van der Waals surface area contributed by atoms with E-state index in [0.717, 1.165) is 43.8 Å². The van der Waals surface area contributed by atoms with Crippen LogP contribution in [0.4, 0.5) is 0 Å². The molecule has 5 nitrogen and oxygen atoms in total. The Morgan fingerprint density at radius 2 is 1.93 bits per heavy atom. The van der Waals surface area contributed by atoms with Gasteiger partial charge in [-0.15, -0.1) is 0 Å². The number of para-hydroxylation sites is 1. The average molecular weight is 383 g/mol. The Kier molecular flexibility index (Phi) is 7.46. The minimum Gasteiger partial charge on any atom is -0.496 e. The number of hydrogen-bond donors (Lipinski definition) is 2. The molecule has 2 aromatic rings. The maximum Gasteiger partial charge on any atom is 0.303 e. The zero-order valence-corrected chi connectivity index (χ0v) is 16.5. The third kappa shape index (κ3) is 5.33. The first-order valence-corrected chi connectivity index (χ1v) is 10.0. The van der Waals surface area contributed by atoms with Crippen LogP contribution in [0.15, 0.2) is 54.6 Å². The molecule has 28 heavy (non-hydrogen) atoms. The lowest BCUT2D eigenvalue weighted by Gasteiger charge is -2.42. The molecule has 0 bridgehead atoms. The van der Waals surface area contributed by atoms with Gasteiger partial charge in [0.2, 0.25) is 0 Å². The van der Waals surface area contributed by atoms with Crippen LogP contribution in [-0.2, 0) is 11.3 Å². The maximum absolute atomic E-state index is 10.9. The Morgan fingerprint density at radius 3 is 2.68 bits per heavy atom. The SMILES string of the molecule is COc1ccccc1CNC1CCCN(CCCC(=O)O)C1c1ccccc1. The highest BCUT2D eigenvalue weighted by molar-refractivity contribution is 5.66. The van der Waals surface area contributed by atoms with Crippen LogP contribution in [0.1, 0.15) is 42.9 Å². The fourth-order valence-electron chi connectivity index (χ4n) is 4.15. The molecule has 0 aromatic heterocycles. The third-order valence-electron chi connectivity index (χ3n) is 5.46. The summed E-state index contributed by atoms with van der Waals surface area (Å²) in [6.07, 6.45) is 3.11. The Balaban J connectivity index is 1.74. The predicted octanol–water partition coefficient (Wildman–Crippen LogP) is 3.86. The summed E-state index contributed by atoms with van der Waals surface area (Å²) in [5.74, 6) is 0.180. The molecule has 0 spiro atoms. The van der Waals surface area contributed by atoms with Crippen LogP contribution >= 0.6 is 0 Å². The van der Waals surface area contributed by atoms with Gasteiger partial charge in [-0.05, 0) is 44.0 Å². The van der Waals surface area contributed by atoms with Crippen LogP contribution in [0, 0.1) is 0 Å². The molecule has 1 heterocycles. The van der Waals surface area contributed by atoms with Gasteiger partial charge in [0.25, 0.3) is 0 Å². The minimum absolute atomic E-state index is 0.220. The van der Waals surface area contributed by atoms with Crippen LogP contribution in [0.25, 0.3) is 0 Å². The molecule has 2 aromatic carbocycles.